The summed E-state index contributed by atoms with van der Waals surface area (Å²) in [6.07, 6.45) is 5.25. The molecule has 0 aromatic heterocycles. The van der Waals surface area contributed by atoms with Gasteiger partial charge in [0.15, 0.2) is 0 Å². The fraction of sp³-hybridized carbons (Fsp3) is 0.235. The molecule has 0 atom stereocenters. The van der Waals surface area contributed by atoms with Crippen molar-refractivity contribution >= 4 is 39.8 Å². The summed E-state index contributed by atoms with van der Waals surface area (Å²) in [7, 11) is -0.446. The number of hydrogen-bond donors (Lipinski definition) is 0. The Bertz CT molecular complexity index is 1060. The van der Waals surface area contributed by atoms with E-state index < -0.39 is 7.92 Å². The highest BCUT2D eigenvalue weighted by molar-refractivity contribution is 9.09. The molecule has 4 aromatic rings. The third-order valence-corrected chi connectivity index (χ3v) is 8.45. The molecule has 0 saturated carbocycles. The van der Waals surface area contributed by atoms with Gasteiger partial charge in [-0.25, -0.2) is 0 Å². The van der Waals surface area contributed by atoms with Crippen molar-refractivity contribution < 1.29 is 4.74 Å². The standard InChI is InChI=1S/C18H15P.C16H21BrO/c1-4-10-16(11-5-1)19(17-12-6-2-7-13-17)18-14-8-3-9-15-18;17-13-7-1-2-8-14-18-15-9-6-12-16-10-4-3-5-11-16/h1-15H;3-5,10-11H,6-9,12-15H2. The third-order valence-electron chi connectivity index (χ3n) is 5.61. The Labute approximate surface area is 233 Å². The Hall–Kier alpha value is -2.69. The van der Waals surface area contributed by atoms with Gasteiger partial charge in [-0.15, -0.1) is 11.8 Å². The summed E-state index contributed by atoms with van der Waals surface area (Å²) in [5, 5.41) is 5.15. The van der Waals surface area contributed by atoms with Gasteiger partial charge >= 0.3 is 0 Å². The van der Waals surface area contributed by atoms with E-state index in [1.807, 2.05) is 0 Å². The van der Waals surface area contributed by atoms with E-state index >= 15 is 0 Å². The first-order chi connectivity index (χ1) is 18.4. The van der Waals surface area contributed by atoms with Crippen molar-refractivity contribution in [1.29, 1.82) is 0 Å². The number of halogens is 1. The number of unbranched alkanes of at least 4 members (excludes halogenated alkanes) is 1. The maximum absolute atomic E-state index is 5.54. The molecule has 0 amide bonds. The minimum Gasteiger partial charge on any atom is -0.380 e. The largest absolute Gasteiger partial charge is 0.380 e. The van der Waals surface area contributed by atoms with Crippen LogP contribution in [0.1, 0.15) is 31.2 Å². The summed E-state index contributed by atoms with van der Waals surface area (Å²) in [5.74, 6) is 6.18. The molecule has 0 heterocycles. The number of ether oxygens (including phenoxy) is 1. The lowest BCUT2D eigenvalue weighted by Gasteiger charge is -2.18. The molecule has 0 aliphatic heterocycles. The number of aryl methyl sites for hydroxylation is 1. The summed E-state index contributed by atoms with van der Waals surface area (Å²) in [5.41, 5.74) is 1.41. The Morgan fingerprint density at radius 3 is 1.49 bits per heavy atom. The van der Waals surface area contributed by atoms with Crippen molar-refractivity contribution in [2.45, 2.75) is 32.1 Å². The molecular weight excluding hydrogens is 535 g/mol. The zero-order chi connectivity index (χ0) is 25.8. The summed E-state index contributed by atoms with van der Waals surface area (Å²) < 4.78 is 5.54. The van der Waals surface area contributed by atoms with Crippen molar-refractivity contribution in [2.24, 2.45) is 0 Å². The smallest absolute Gasteiger partial charge is 0.0575 e. The van der Waals surface area contributed by atoms with E-state index in [0.717, 1.165) is 44.2 Å². The highest BCUT2D eigenvalue weighted by atomic mass is 79.9. The van der Waals surface area contributed by atoms with E-state index in [-0.39, 0.29) is 0 Å². The van der Waals surface area contributed by atoms with Crippen LogP contribution in [0.25, 0.3) is 0 Å². The lowest BCUT2D eigenvalue weighted by molar-refractivity contribution is 0.136. The van der Waals surface area contributed by atoms with Crippen molar-refractivity contribution in [2.75, 3.05) is 18.5 Å². The summed E-state index contributed by atoms with van der Waals surface area (Å²) in [6, 6.07) is 42.9. The predicted octanol–water partition coefficient (Wildman–Crippen LogP) is 7.65. The van der Waals surface area contributed by atoms with Gasteiger partial charge in [0.1, 0.15) is 0 Å². The zero-order valence-corrected chi connectivity index (χ0v) is 23.9. The van der Waals surface area contributed by atoms with Crippen molar-refractivity contribution in [3.63, 3.8) is 0 Å². The van der Waals surface area contributed by atoms with Gasteiger partial charge in [-0.1, -0.05) is 137 Å². The van der Waals surface area contributed by atoms with Gasteiger partial charge in [0.2, 0.25) is 0 Å². The molecule has 0 saturated heterocycles. The maximum atomic E-state index is 5.54. The average Bonchev–Trinajstić information content (AvgIpc) is 2.97. The van der Waals surface area contributed by atoms with Crippen LogP contribution in [0.15, 0.2) is 121 Å². The van der Waals surface area contributed by atoms with Crippen LogP contribution in [0.2, 0.25) is 0 Å². The van der Waals surface area contributed by atoms with Crippen LogP contribution in [0.5, 0.6) is 0 Å². The van der Waals surface area contributed by atoms with Gasteiger partial charge in [-0.2, -0.15) is 0 Å². The lowest BCUT2D eigenvalue weighted by atomic mass is 10.1. The van der Waals surface area contributed by atoms with Gasteiger partial charge in [-0.3, -0.25) is 0 Å². The van der Waals surface area contributed by atoms with Gasteiger partial charge < -0.3 is 4.74 Å². The number of alkyl halides is 1. The van der Waals surface area contributed by atoms with E-state index in [9.17, 15) is 0 Å². The molecule has 190 valence electrons. The van der Waals surface area contributed by atoms with Gasteiger partial charge in [0, 0.05) is 24.8 Å². The molecule has 37 heavy (non-hydrogen) atoms. The normalized spacial score (nSPS) is 10.2. The second-order valence-corrected chi connectivity index (χ2v) is 11.5. The Balaban J connectivity index is 0.000000206. The van der Waals surface area contributed by atoms with E-state index in [0.29, 0.717) is 0 Å². The molecule has 0 radical (unpaired) electrons. The number of hydrogen-bond acceptors (Lipinski definition) is 1. The highest BCUT2D eigenvalue weighted by Gasteiger charge is 2.14. The first kappa shape index (κ1) is 28.9. The fourth-order valence-corrected chi connectivity index (χ4v) is 6.31. The Kier molecular flexibility index (Phi) is 14.5. The molecule has 0 bridgehead atoms. The van der Waals surface area contributed by atoms with Crippen molar-refractivity contribution in [1.82, 2.24) is 0 Å². The fourth-order valence-electron chi connectivity index (χ4n) is 3.81. The van der Waals surface area contributed by atoms with Crippen LogP contribution in [0, 0.1) is 11.8 Å². The quantitative estimate of drug-likeness (QED) is 0.0778. The number of benzene rings is 4. The highest BCUT2D eigenvalue weighted by Crippen LogP contribution is 2.32. The van der Waals surface area contributed by atoms with E-state index in [1.165, 1.54) is 27.9 Å². The van der Waals surface area contributed by atoms with Crippen LogP contribution in [0.4, 0.5) is 0 Å². The maximum Gasteiger partial charge on any atom is 0.0575 e. The topological polar surface area (TPSA) is 9.23 Å². The van der Waals surface area contributed by atoms with Crippen LogP contribution >= 0.6 is 23.9 Å². The van der Waals surface area contributed by atoms with E-state index in [1.54, 1.807) is 0 Å². The van der Waals surface area contributed by atoms with Gasteiger partial charge in [0.05, 0.1) is 6.61 Å². The molecule has 0 unspecified atom stereocenters. The molecule has 4 rings (SSSR count). The molecule has 1 nitrogen and oxygen atoms in total. The zero-order valence-electron chi connectivity index (χ0n) is 21.4. The van der Waals surface area contributed by atoms with Crippen molar-refractivity contribution in [3.05, 3.63) is 127 Å². The van der Waals surface area contributed by atoms with Crippen LogP contribution in [-0.4, -0.2) is 18.5 Å². The summed E-state index contributed by atoms with van der Waals surface area (Å²) in [6.45, 7) is 1.62. The molecule has 0 aliphatic carbocycles. The molecule has 0 fully saturated rings. The Morgan fingerprint density at radius 2 is 1.00 bits per heavy atom. The van der Waals surface area contributed by atoms with Crippen LogP contribution in [0.3, 0.4) is 0 Å². The predicted molar refractivity (Wildman–Crippen MR) is 166 cm³/mol. The summed E-state index contributed by atoms with van der Waals surface area (Å²) in [4.78, 5) is 0. The molecule has 0 N–H and O–H groups in total. The first-order valence-corrected chi connectivity index (χ1v) is 15.4. The SMILES string of the molecule is BrCCC#CCCOCCCCc1ccccc1.c1ccc(P(c2ccccc2)c2ccccc2)cc1. The lowest BCUT2D eigenvalue weighted by Crippen LogP contribution is -2.20. The first-order valence-electron chi connectivity index (χ1n) is 13.0. The van der Waals surface area contributed by atoms with Crippen LogP contribution in [-0.2, 0) is 11.2 Å². The van der Waals surface area contributed by atoms with Gasteiger partial charge in [-0.05, 0) is 48.7 Å². The molecule has 3 heteroatoms. The Morgan fingerprint density at radius 1 is 0.541 bits per heavy atom. The minimum atomic E-state index is -0.446. The second kappa shape index (κ2) is 18.5. The molecule has 4 aromatic carbocycles. The molecule has 0 spiro atoms. The van der Waals surface area contributed by atoms with E-state index in [4.69, 9.17) is 4.74 Å². The average molecular weight is 572 g/mol. The third kappa shape index (κ3) is 11.5. The van der Waals surface area contributed by atoms with E-state index in [2.05, 4.69) is 149 Å². The monoisotopic (exact) mass is 570 g/mol. The minimum absolute atomic E-state index is 0.446. The molecule has 0 aliphatic rings. The summed E-state index contributed by atoms with van der Waals surface area (Å²) >= 11 is 3.35. The second-order valence-electron chi connectivity index (χ2n) is 8.44. The van der Waals surface area contributed by atoms with Crippen molar-refractivity contribution in [3.8, 4) is 11.8 Å². The molecular formula is C34H36BrOP. The number of rotatable bonds is 11. The van der Waals surface area contributed by atoms with Gasteiger partial charge in [0.25, 0.3) is 0 Å². The van der Waals surface area contributed by atoms with Crippen LogP contribution < -0.4 is 15.9 Å².